The number of hydrogen-bond donors (Lipinski definition) is 1. The van der Waals surface area contributed by atoms with Crippen LogP contribution in [0.4, 0.5) is 5.69 Å². The van der Waals surface area contributed by atoms with Crippen LogP contribution in [-0.4, -0.2) is 43.0 Å². The number of benzene rings is 1. The van der Waals surface area contributed by atoms with Gasteiger partial charge in [0.05, 0.1) is 11.3 Å². The maximum absolute atomic E-state index is 12.8. The number of hydrogen-bond acceptors (Lipinski definition) is 3. The Balaban J connectivity index is 1.70. The lowest BCUT2D eigenvalue weighted by Crippen LogP contribution is -2.38. The zero-order valence-corrected chi connectivity index (χ0v) is 14.3. The fourth-order valence-electron chi connectivity index (χ4n) is 3.36. The minimum absolute atomic E-state index is 0.00850. The van der Waals surface area contributed by atoms with Crippen molar-refractivity contribution in [3.63, 3.8) is 0 Å². The maximum Gasteiger partial charge on any atom is 0.255 e. The summed E-state index contributed by atoms with van der Waals surface area (Å²) < 4.78 is 5.31. The molecule has 130 valence electrons. The normalized spacial score (nSPS) is 20.0. The number of piperidine rings is 1. The zero-order valence-electron chi connectivity index (χ0n) is 14.3. The molecule has 2 saturated heterocycles. The van der Waals surface area contributed by atoms with Crippen LogP contribution in [0.5, 0.6) is 0 Å². The van der Waals surface area contributed by atoms with Crippen molar-refractivity contribution in [2.75, 3.05) is 31.6 Å². The Morgan fingerprint density at radius 2 is 1.75 bits per heavy atom. The molecule has 0 atom stereocenters. The molecule has 0 unspecified atom stereocenters. The van der Waals surface area contributed by atoms with Crippen molar-refractivity contribution in [2.45, 2.75) is 32.6 Å². The first-order valence-corrected chi connectivity index (χ1v) is 8.92. The Kier molecular flexibility index (Phi) is 5.51. The molecule has 5 nitrogen and oxygen atoms in total. The van der Waals surface area contributed by atoms with Gasteiger partial charge >= 0.3 is 0 Å². The van der Waals surface area contributed by atoms with Crippen molar-refractivity contribution in [2.24, 2.45) is 11.8 Å². The second-order valence-electron chi connectivity index (χ2n) is 6.90. The van der Waals surface area contributed by atoms with E-state index in [1.807, 2.05) is 23.1 Å². The fourth-order valence-corrected chi connectivity index (χ4v) is 3.36. The summed E-state index contributed by atoms with van der Waals surface area (Å²) in [5.74, 6) is 0.658. The Labute approximate surface area is 143 Å². The number of nitrogens with one attached hydrogen (secondary N) is 1. The third-order valence-electron chi connectivity index (χ3n) is 5.08. The number of ether oxygens (including phenoxy) is 1. The lowest BCUT2D eigenvalue weighted by molar-refractivity contribution is -0.122. The van der Waals surface area contributed by atoms with Gasteiger partial charge in [0.1, 0.15) is 0 Å². The molecule has 3 rings (SSSR count). The minimum Gasteiger partial charge on any atom is -0.381 e. The molecule has 1 aromatic rings. The first-order chi connectivity index (χ1) is 11.6. The molecule has 0 spiro atoms. The van der Waals surface area contributed by atoms with Crippen molar-refractivity contribution >= 4 is 17.5 Å². The fraction of sp³-hybridized carbons (Fsp3) is 0.579. The lowest BCUT2D eigenvalue weighted by atomic mass is 9.98. The van der Waals surface area contributed by atoms with E-state index >= 15 is 0 Å². The summed E-state index contributed by atoms with van der Waals surface area (Å²) in [6.07, 6.45) is 3.57. The summed E-state index contributed by atoms with van der Waals surface area (Å²) in [6, 6.07) is 7.33. The smallest absolute Gasteiger partial charge is 0.255 e. The largest absolute Gasteiger partial charge is 0.381 e. The summed E-state index contributed by atoms with van der Waals surface area (Å²) in [6.45, 7) is 5.07. The van der Waals surface area contributed by atoms with E-state index in [1.165, 1.54) is 0 Å². The van der Waals surface area contributed by atoms with E-state index in [0.29, 0.717) is 30.4 Å². The maximum atomic E-state index is 12.8. The van der Waals surface area contributed by atoms with Crippen molar-refractivity contribution in [3.05, 3.63) is 29.8 Å². The van der Waals surface area contributed by atoms with Gasteiger partial charge in [-0.3, -0.25) is 9.59 Å². The standard InChI is InChI=1S/C19H26N2O3/c1-14-6-10-21(11-7-14)19(23)16-4-2-3-5-17(16)20-18(22)15-8-12-24-13-9-15/h2-5,14-15H,6-13H2,1H3,(H,20,22). The molecule has 0 aromatic heterocycles. The summed E-state index contributed by atoms with van der Waals surface area (Å²) in [4.78, 5) is 27.2. The second-order valence-corrected chi connectivity index (χ2v) is 6.90. The highest BCUT2D eigenvalue weighted by molar-refractivity contribution is 6.04. The van der Waals surface area contributed by atoms with Crippen LogP contribution in [0, 0.1) is 11.8 Å². The average Bonchev–Trinajstić information content (AvgIpc) is 2.63. The highest BCUT2D eigenvalue weighted by Crippen LogP contribution is 2.24. The molecule has 2 amide bonds. The first kappa shape index (κ1) is 17.0. The van der Waals surface area contributed by atoms with Gasteiger partial charge in [-0.1, -0.05) is 19.1 Å². The van der Waals surface area contributed by atoms with Gasteiger partial charge in [0.25, 0.3) is 5.91 Å². The number of likely N-dealkylation sites (tertiary alicyclic amines) is 1. The Morgan fingerprint density at radius 3 is 2.46 bits per heavy atom. The van der Waals surface area contributed by atoms with Gasteiger partial charge in [-0.25, -0.2) is 0 Å². The predicted octanol–water partition coefficient (Wildman–Crippen LogP) is 2.92. The molecule has 0 bridgehead atoms. The molecule has 1 N–H and O–H groups in total. The van der Waals surface area contributed by atoms with Gasteiger partial charge in [-0.15, -0.1) is 0 Å². The van der Waals surface area contributed by atoms with E-state index < -0.39 is 0 Å². The molecule has 2 fully saturated rings. The quantitative estimate of drug-likeness (QED) is 0.927. The number of para-hydroxylation sites is 1. The number of carbonyl (C=O) groups excluding carboxylic acids is 2. The van der Waals surface area contributed by atoms with Gasteiger partial charge in [-0.05, 0) is 43.7 Å². The van der Waals surface area contributed by atoms with Crippen LogP contribution in [0.15, 0.2) is 24.3 Å². The molecule has 5 heteroatoms. The zero-order chi connectivity index (χ0) is 16.9. The van der Waals surface area contributed by atoms with E-state index in [1.54, 1.807) is 6.07 Å². The monoisotopic (exact) mass is 330 g/mol. The molecule has 0 aliphatic carbocycles. The number of rotatable bonds is 3. The molecule has 2 aliphatic rings. The number of anilines is 1. The first-order valence-electron chi connectivity index (χ1n) is 8.92. The SMILES string of the molecule is CC1CCN(C(=O)c2ccccc2NC(=O)C2CCOCC2)CC1. The van der Waals surface area contributed by atoms with Crippen LogP contribution in [0.25, 0.3) is 0 Å². The molecule has 1 aromatic carbocycles. The summed E-state index contributed by atoms with van der Waals surface area (Å²) in [7, 11) is 0. The van der Waals surface area contributed by atoms with Gasteiger partial charge in [0, 0.05) is 32.2 Å². The second kappa shape index (κ2) is 7.79. The predicted molar refractivity (Wildman–Crippen MR) is 92.9 cm³/mol. The topological polar surface area (TPSA) is 58.6 Å². The van der Waals surface area contributed by atoms with Crippen LogP contribution in [0.2, 0.25) is 0 Å². The van der Waals surface area contributed by atoms with Gasteiger partial charge in [-0.2, -0.15) is 0 Å². The third kappa shape index (κ3) is 3.96. The van der Waals surface area contributed by atoms with Crippen LogP contribution >= 0.6 is 0 Å². The Hall–Kier alpha value is -1.88. The van der Waals surface area contributed by atoms with Gasteiger partial charge in [0.15, 0.2) is 0 Å². The molecule has 0 radical (unpaired) electrons. The van der Waals surface area contributed by atoms with Crippen LogP contribution < -0.4 is 5.32 Å². The molecular formula is C19H26N2O3. The van der Waals surface area contributed by atoms with E-state index in [9.17, 15) is 9.59 Å². The van der Waals surface area contributed by atoms with E-state index in [-0.39, 0.29) is 17.7 Å². The molecule has 24 heavy (non-hydrogen) atoms. The summed E-state index contributed by atoms with van der Waals surface area (Å²) in [5, 5.41) is 2.97. The molecule has 0 saturated carbocycles. The average molecular weight is 330 g/mol. The van der Waals surface area contributed by atoms with Crippen LogP contribution in [-0.2, 0) is 9.53 Å². The van der Waals surface area contributed by atoms with Crippen molar-refractivity contribution in [1.29, 1.82) is 0 Å². The minimum atomic E-state index is -0.0299. The molecular weight excluding hydrogens is 304 g/mol. The van der Waals surface area contributed by atoms with Gasteiger partial charge < -0.3 is 15.0 Å². The third-order valence-corrected chi connectivity index (χ3v) is 5.08. The Bertz CT molecular complexity index is 588. The highest BCUT2D eigenvalue weighted by atomic mass is 16.5. The van der Waals surface area contributed by atoms with E-state index in [4.69, 9.17) is 4.74 Å². The molecule has 2 heterocycles. The summed E-state index contributed by atoms with van der Waals surface area (Å²) in [5.41, 5.74) is 1.21. The molecule has 2 aliphatic heterocycles. The highest BCUT2D eigenvalue weighted by Gasteiger charge is 2.26. The van der Waals surface area contributed by atoms with Crippen LogP contribution in [0.3, 0.4) is 0 Å². The van der Waals surface area contributed by atoms with Crippen molar-refractivity contribution < 1.29 is 14.3 Å². The lowest BCUT2D eigenvalue weighted by Gasteiger charge is -2.31. The number of nitrogens with zero attached hydrogens (tertiary/aromatic N) is 1. The number of amides is 2. The Morgan fingerprint density at radius 1 is 1.08 bits per heavy atom. The van der Waals surface area contributed by atoms with Crippen molar-refractivity contribution in [1.82, 2.24) is 4.90 Å². The van der Waals surface area contributed by atoms with Gasteiger partial charge in [0.2, 0.25) is 5.91 Å². The number of carbonyl (C=O) groups is 2. The summed E-state index contributed by atoms with van der Waals surface area (Å²) >= 11 is 0. The van der Waals surface area contributed by atoms with Crippen LogP contribution in [0.1, 0.15) is 43.0 Å². The van der Waals surface area contributed by atoms with Crippen molar-refractivity contribution in [3.8, 4) is 0 Å². The van der Waals surface area contributed by atoms with E-state index in [2.05, 4.69) is 12.2 Å². The van der Waals surface area contributed by atoms with E-state index in [0.717, 1.165) is 38.8 Å².